The zero-order chi connectivity index (χ0) is 15.4. The van der Waals surface area contributed by atoms with Gasteiger partial charge in [-0.15, -0.1) is 0 Å². The van der Waals surface area contributed by atoms with Gasteiger partial charge in [-0.1, -0.05) is 23.5 Å². The van der Waals surface area contributed by atoms with Crippen molar-refractivity contribution in [2.75, 3.05) is 19.7 Å². The maximum atomic E-state index is 12.5. The van der Waals surface area contributed by atoms with Gasteiger partial charge in [-0.2, -0.15) is 0 Å². The van der Waals surface area contributed by atoms with Crippen LogP contribution in [-0.2, 0) is 0 Å². The van der Waals surface area contributed by atoms with Crippen LogP contribution in [0.4, 0.5) is 0 Å². The molecule has 5 nitrogen and oxygen atoms in total. The van der Waals surface area contributed by atoms with Crippen LogP contribution in [0, 0.1) is 18.8 Å². The second-order valence-corrected chi connectivity index (χ2v) is 5.17. The number of β-amino-alcohol motifs (C(OH)–C–C–N with tert-alkyl or cyclic N) is 2. The molecule has 1 aliphatic rings. The number of aliphatic hydroxyl groups is 3. The molecule has 1 fully saturated rings. The van der Waals surface area contributed by atoms with Crippen LogP contribution in [0.2, 0.25) is 0 Å². The van der Waals surface area contributed by atoms with E-state index in [1.54, 1.807) is 12.1 Å². The number of amides is 1. The number of carbonyl (C=O) groups excluding carboxylic acids is 1. The molecule has 0 aliphatic carbocycles. The van der Waals surface area contributed by atoms with Crippen molar-refractivity contribution >= 4 is 5.91 Å². The molecule has 0 bridgehead atoms. The molecule has 2 atom stereocenters. The van der Waals surface area contributed by atoms with Gasteiger partial charge in [-0.05, 0) is 19.1 Å². The summed E-state index contributed by atoms with van der Waals surface area (Å²) in [5, 5.41) is 27.9. The van der Waals surface area contributed by atoms with Gasteiger partial charge in [-0.25, -0.2) is 0 Å². The fraction of sp³-hybridized carbons (Fsp3) is 0.438. The van der Waals surface area contributed by atoms with Gasteiger partial charge in [0.15, 0.2) is 0 Å². The third kappa shape index (κ3) is 3.61. The summed E-state index contributed by atoms with van der Waals surface area (Å²) in [7, 11) is 0. The van der Waals surface area contributed by atoms with Crippen molar-refractivity contribution in [3.63, 3.8) is 0 Å². The molecule has 112 valence electrons. The minimum Gasteiger partial charge on any atom is -0.395 e. The number of likely N-dealkylation sites (tertiary alicyclic amines) is 1. The molecule has 0 aromatic heterocycles. The number of benzene rings is 1. The number of aliphatic hydroxyl groups excluding tert-OH is 3. The number of carbonyl (C=O) groups is 1. The molecule has 0 saturated carbocycles. The first-order chi connectivity index (χ1) is 10.0. The highest BCUT2D eigenvalue weighted by molar-refractivity contribution is 5.97. The van der Waals surface area contributed by atoms with Crippen molar-refractivity contribution in [3.05, 3.63) is 34.9 Å². The Morgan fingerprint density at radius 1 is 1.33 bits per heavy atom. The Bertz CT molecular complexity index is 578. The van der Waals surface area contributed by atoms with Crippen LogP contribution in [0.1, 0.15) is 27.9 Å². The molecule has 1 amide bonds. The molecule has 1 aliphatic heterocycles. The molecule has 1 saturated heterocycles. The summed E-state index contributed by atoms with van der Waals surface area (Å²) in [6, 6.07) is 5.39. The van der Waals surface area contributed by atoms with Gasteiger partial charge in [0.05, 0.1) is 24.4 Å². The lowest BCUT2D eigenvalue weighted by Gasteiger charge is -2.16. The van der Waals surface area contributed by atoms with Gasteiger partial charge in [0, 0.05) is 25.1 Å². The Labute approximate surface area is 123 Å². The predicted molar refractivity (Wildman–Crippen MR) is 77.7 cm³/mol. The third-order valence-electron chi connectivity index (χ3n) is 3.41. The first-order valence-electron chi connectivity index (χ1n) is 6.88. The van der Waals surface area contributed by atoms with Crippen molar-refractivity contribution in [2.24, 2.45) is 0 Å². The maximum Gasteiger partial charge on any atom is 0.255 e. The van der Waals surface area contributed by atoms with Crippen molar-refractivity contribution in [1.82, 2.24) is 4.90 Å². The monoisotopic (exact) mass is 289 g/mol. The molecule has 3 N–H and O–H groups in total. The van der Waals surface area contributed by atoms with Crippen molar-refractivity contribution in [2.45, 2.75) is 25.6 Å². The van der Waals surface area contributed by atoms with E-state index < -0.39 is 12.2 Å². The minimum atomic E-state index is -0.900. The van der Waals surface area contributed by atoms with Crippen LogP contribution >= 0.6 is 0 Å². The van der Waals surface area contributed by atoms with E-state index in [2.05, 4.69) is 11.8 Å². The average Bonchev–Trinajstić information content (AvgIpc) is 2.79. The van der Waals surface area contributed by atoms with Gasteiger partial charge in [0.1, 0.15) is 0 Å². The van der Waals surface area contributed by atoms with E-state index in [0.29, 0.717) is 17.5 Å². The van der Waals surface area contributed by atoms with Gasteiger partial charge in [0.25, 0.3) is 5.91 Å². The van der Waals surface area contributed by atoms with Gasteiger partial charge in [0.2, 0.25) is 0 Å². The summed E-state index contributed by atoms with van der Waals surface area (Å²) in [5.41, 5.74) is 1.99. The van der Waals surface area contributed by atoms with Crippen LogP contribution in [0.15, 0.2) is 18.2 Å². The maximum absolute atomic E-state index is 12.5. The molecule has 0 spiro atoms. The highest BCUT2D eigenvalue weighted by Crippen LogP contribution is 2.18. The van der Waals surface area contributed by atoms with E-state index in [0.717, 1.165) is 5.56 Å². The SMILES string of the molecule is Cc1ccc(C#CCCO)c(C(=O)N2CC(O)C(O)C2)c1. The molecule has 21 heavy (non-hydrogen) atoms. The first-order valence-corrected chi connectivity index (χ1v) is 6.88. The minimum absolute atomic E-state index is 0.0212. The molecule has 2 rings (SSSR count). The smallest absolute Gasteiger partial charge is 0.255 e. The summed E-state index contributed by atoms with van der Waals surface area (Å²) < 4.78 is 0. The van der Waals surface area contributed by atoms with Crippen LogP contribution in [0.3, 0.4) is 0 Å². The molecule has 2 unspecified atom stereocenters. The molecule has 1 aromatic rings. The van der Waals surface area contributed by atoms with Gasteiger partial charge >= 0.3 is 0 Å². The summed E-state index contributed by atoms with van der Waals surface area (Å²) in [6.07, 6.45) is -1.45. The van der Waals surface area contributed by atoms with E-state index in [1.807, 2.05) is 13.0 Å². The zero-order valence-corrected chi connectivity index (χ0v) is 11.9. The highest BCUT2D eigenvalue weighted by Gasteiger charge is 2.33. The first kappa shape index (κ1) is 15.5. The van der Waals surface area contributed by atoms with Crippen LogP contribution in [0.5, 0.6) is 0 Å². The summed E-state index contributed by atoms with van der Waals surface area (Å²) in [6.45, 7) is 2.11. The molecule has 1 heterocycles. The highest BCUT2D eigenvalue weighted by atomic mass is 16.3. The van der Waals surface area contributed by atoms with Gasteiger partial charge in [-0.3, -0.25) is 4.79 Å². The van der Waals surface area contributed by atoms with Crippen molar-refractivity contribution in [1.29, 1.82) is 0 Å². The molecule has 5 heteroatoms. The third-order valence-corrected chi connectivity index (χ3v) is 3.41. The average molecular weight is 289 g/mol. The molecule has 1 aromatic carbocycles. The quantitative estimate of drug-likeness (QED) is 0.665. The fourth-order valence-corrected chi connectivity index (χ4v) is 2.26. The number of hydrogen-bond acceptors (Lipinski definition) is 4. The Hall–Kier alpha value is -1.87. The van der Waals surface area contributed by atoms with Crippen LogP contribution < -0.4 is 0 Å². The standard InChI is InChI=1S/C16H19NO4/c1-11-5-6-12(4-2-3-7-18)13(8-11)16(21)17-9-14(19)15(20)10-17/h5-6,8,14-15,18-20H,3,7,9-10H2,1H3. The van der Waals surface area contributed by atoms with E-state index in [9.17, 15) is 15.0 Å². The Balaban J connectivity index is 2.28. The number of hydrogen-bond donors (Lipinski definition) is 3. The molecular formula is C16H19NO4. The normalized spacial score (nSPS) is 21.0. The van der Waals surface area contributed by atoms with E-state index in [-0.39, 0.29) is 25.6 Å². The number of aryl methyl sites for hydroxylation is 1. The lowest BCUT2D eigenvalue weighted by atomic mass is 10.0. The fourth-order valence-electron chi connectivity index (χ4n) is 2.26. The molecule has 0 radical (unpaired) electrons. The van der Waals surface area contributed by atoms with Crippen molar-refractivity contribution in [3.8, 4) is 11.8 Å². The molecular weight excluding hydrogens is 270 g/mol. The van der Waals surface area contributed by atoms with Crippen LogP contribution in [0.25, 0.3) is 0 Å². The van der Waals surface area contributed by atoms with Crippen LogP contribution in [-0.4, -0.2) is 58.0 Å². The zero-order valence-electron chi connectivity index (χ0n) is 11.9. The van der Waals surface area contributed by atoms with E-state index >= 15 is 0 Å². The van der Waals surface area contributed by atoms with E-state index in [1.165, 1.54) is 4.90 Å². The summed E-state index contributed by atoms with van der Waals surface area (Å²) in [4.78, 5) is 14.0. The van der Waals surface area contributed by atoms with Gasteiger partial charge < -0.3 is 20.2 Å². The summed E-state index contributed by atoms with van der Waals surface area (Å²) >= 11 is 0. The second kappa shape index (κ2) is 6.72. The lowest BCUT2D eigenvalue weighted by molar-refractivity contribution is 0.0572. The van der Waals surface area contributed by atoms with Crippen molar-refractivity contribution < 1.29 is 20.1 Å². The largest absolute Gasteiger partial charge is 0.395 e. The topological polar surface area (TPSA) is 81.0 Å². The number of nitrogens with zero attached hydrogens (tertiary/aromatic N) is 1. The number of rotatable bonds is 2. The Morgan fingerprint density at radius 2 is 2.00 bits per heavy atom. The Kier molecular flexibility index (Phi) is 4.97. The lowest BCUT2D eigenvalue weighted by Crippen LogP contribution is -2.30. The van der Waals surface area contributed by atoms with E-state index in [4.69, 9.17) is 5.11 Å². The Morgan fingerprint density at radius 3 is 2.62 bits per heavy atom. The predicted octanol–water partition coefficient (Wildman–Crippen LogP) is -0.0935. The summed E-state index contributed by atoms with van der Waals surface area (Å²) in [5.74, 6) is 5.44. The second-order valence-electron chi connectivity index (χ2n) is 5.17.